The van der Waals surface area contributed by atoms with Gasteiger partial charge >= 0.3 is 6.09 Å². The second-order valence-corrected chi connectivity index (χ2v) is 7.18. The Kier molecular flexibility index (Phi) is 4.32. The van der Waals surface area contributed by atoms with Gasteiger partial charge in [0, 0.05) is 0 Å². The van der Waals surface area contributed by atoms with E-state index in [0.29, 0.717) is 13.1 Å². The van der Waals surface area contributed by atoms with E-state index in [4.69, 9.17) is 10.5 Å². The van der Waals surface area contributed by atoms with Crippen molar-refractivity contribution in [3.63, 3.8) is 0 Å². The minimum Gasteiger partial charge on any atom is -0.444 e. The summed E-state index contributed by atoms with van der Waals surface area (Å²) < 4.78 is 5.40. The lowest BCUT2D eigenvalue weighted by molar-refractivity contribution is 0.0238. The maximum Gasteiger partial charge on any atom is 0.410 e. The molecule has 1 aromatic heterocycles. The highest BCUT2D eigenvalue weighted by Gasteiger charge is 2.30. The Morgan fingerprint density at radius 3 is 2.67 bits per heavy atom. The van der Waals surface area contributed by atoms with Gasteiger partial charge in [0.15, 0.2) is 0 Å². The van der Waals surface area contributed by atoms with Gasteiger partial charge in [-0.05, 0) is 32.8 Å². The Balaban J connectivity index is 1.63. The molecule has 128 valence electrons. The number of ether oxygens (including phenoxy) is 1. The van der Waals surface area contributed by atoms with Crippen LogP contribution in [0, 0.1) is 0 Å². The van der Waals surface area contributed by atoms with E-state index in [1.165, 1.54) is 5.56 Å². The number of nitrogens with two attached hydrogens (primary N) is 1. The first kappa shape index (κ1) is 16.5. The molecule has 0 radical (unpaired) electrons. The van der Waals surface area contributed by atoms with Crippen molar-refractivity contribution in [2.75, 3.05) is 0 Å². The lowest BCUT2D eigenvalue weighted by Gasteiger charge is -2.24. The summed E-state index contributed by atoms with van der Waals surface area (Å²) in [5.41, 5.74) is 8.77. The Morgan fingerprint density at radius 1 is 1.33 bits per heavy atom. The fourth-order valence-electron chi connectivity index (χ4n) is 2.75. The van der Waals surface area contributed by atoms with Gasteiger partial charge in [-0.1, -0.05) is 30.3 Å². The Labute approximate surface area is 142 Å². The Hall–Kier alpha value is -2.34. The number of hydrogen-bond acceptors (Lipinski definition) is 4. The molecule has 1 aromatic carbocycles. The van der Waals surface area contributed by atoms with E-state index in [9.17, 15) is 4.79 Å². The number of rotatable bonds is 3. The lowest BCUT2D eigenvalue weighted by Crippen LogP contribution is -2.33. The van der Waals surface area contributed by atoms with Crippen molar-refractivity contribution < 1.29 is 9.53 Å². The molecule has 3 N–H and O–H groups in total. The zero-order valence-corrected chi connectivity index (χ0v) is 14.4. The number of aromatic amines is 1. The van der Waals surface area contributed by atoms with E-state index in [0.717, 1.165) is 23.6 Å². The number of carbonyl (C=O) groups is 1. The summed E-state index contributed by atoms with van der Waals surface area (Å²) >= 11 is 0. The summed E-state index contributed by atoms with van der Waals surface area (Å²) in [5, 5.41) is 0. The number of carbonyl (C=O) groups excluding carboxylic acids is 1. The molecular formula is C18H24N4O2. The van der Waals surface area contributed by atoms with Crippen molar-refractivity contribution in [2.45, 2.75) is 51.9 Å². The maximum atomic E-state index is 12.1. The largest absolute Gasteiger partial charge is 0.444 e. The fourth-order valence-corrected chi connectivity index (χ4v) is 2.75. The molecule has 0 saturated carbocycles. The summed E-state index contributed by atoms with van der Waals surface area (Å²) in [4.78, 5) is 21.6. The summed E-state index contributed by atoms with van der Waals surface area (Å²) in [5.74, 6) is 0.771. The molecule has 3 rings (SSSR count). The first-order valence-electron chi connectivity index (χ1n) is 8.17. The van der Waals surface area contributed by atoms with E-state index in [1.54, 1.807) is 4.90 Å². The molecule has 6 nitrogen and oxygen atoms in total. The molecule has 24 heavy (non-hydrogen) atoms. The first-order chi connectivity index (χ1) is 11.3. The molecule has 1 amide bonds. The van der Waals surface area contributed by atoms with Crippen LogP contribution in [0.4, 0.5) is 4.79 Å². The van der Waals surface area contributed by atoms with Crippen LogP contribution in [0.2, 0.25) is 0 Å². The van der Waals surface area contributed by atoms with Crippen LogP contribution in [0.15, 0.2) is 30.3 Å². The number of nitrogens with zero attached hydrogens (tertiary/aromatic N) is 2. The average molecular weight is 328 g/mol. The third kappa shape index (κ3) is 3.76. The monoisotopic (exact) mass is 328 g/mol. The molecule has 2 heterocycles. The topological polar surface area (TPSA) is 84.2 Å². The first-order valence-corrected chi connectivity index (χ1v) is 8.17. The van der Waals surface area contributed by atoms with Crippen LogP contribution in [0.5, 0.6) is 0 Å². The quantitative estimate of drug-likeness (QED) is 0.907. The summed E-state index contributed by atoms with van der Waals surface area (Å²) in [6, 6.07) is 9.92. The second-order valence-electron chi connectivity index (χ2n) is 7.18. The van der Waals surface area contributed by atoms with E-state index in [2.05, 4.69) is 22.1 Å². The second kappa shape index (κ2) is 6.28. The molecule has 1 aliphatic heterocycles. The van der Waals surface area contributed by atoms with Gasteiger partial charge < -0.3 is 15.5 Å². The van der Waals surface area contributed by atoms with Crippen LogP contribution >= 0.6 is 0 Å². The predicted octanol–water partition coefficient (Wildman–Crippen LogP) is 2.90. The third-order valence-corrected chi connectivity index (χ3v) is 3.87. The van der Waals surface area contributed by atoms with Crippen molar-refractivity contribution in [3.8, 4) is 0 Å². The third-order valence-electron chi connectivity index (χ3n) is 3.87. The van der Waals surface area contributed by atoms with Gasteiger partial charge in [-0.15, -0.1) is 0 Å². The number of H-pyrrole nitrogens is 1. The lowest BCUT2D eigenvalue weighted by atomic mass is 10.1. The molecule has 0 aliphatic carbocycles. The number of imidazole rings is 1. The Morgan fingerprint density at radius 2 is 2.04 bits per heavy atom. The van der Waals surface area contributed by atoms with Crippen LogP contribution in [0.25, 0.3) is 0 Å². The number of nitrogens with one attached hydrogen (secondary N) is 1. The van der Waals surface area contributed by atoms with Gasteiger partial charge in [0.2, 0.25) is 0 Å². The van der Waals surface area contributed by atoms with Gasteiger partial charge in [-0.2, -0.15) is 0 Å². The molecule has 2 aromatic rings. The average Bonchev–Trinajstić information content (AvgIpc) is 3.05. The summed E-state index contributed by atoms with van der Waals surface area (Å²) in [6.07, 6.45) is 0.410. The SMILES string of the molecule is CC(C)(C)OC(=O)N1Cc2nc(C(N)Cc3ccccc3)[nH]c2C1. The van der Waals surface area contributed by atoms with Gasteiger partial charge in [-0.25, -0.2) is 9.78 Å². The molecule has 0 fully saturated rings. The van der Waals surface area contributed by atoms with Gasteiger partial charge in [-0.3, -0.25) is 4.90 Å². The predicted molar refractivity (Wildman–Crippen MR) is 91.1 cm³/mol. The van der Waals surface area contributed by atoms with Gasteiger partial charge in [0.25, 0.3) is 0 Å². The molecule has 6 heteroatoms. The normalized spacial score (nSPS) is 15.2. The van der Waals surface area contributed by atoms with E-state index in [-0.39, 0.29) is 12.1 Å². The van der Waals surface area contributed by atoms with E-state index in [1.807, 2.05) is 39.0 Å². The highest BCUT2D eigenvalue weighted by Crippen LogP contribution is 2.25. The van der Waals surface area contributed by atoms with Crippen molar-refractivity contribution in [1.82, 2.24) is 14.9 Å². The van der Waals surface area contributed by atoms with E-state index >= 15 is 0 Å². The summed E-state index contributed by atoms with van der Waals surface area (Å²) in [7, 11) is 0. The van der Waals surface area contributed by atoms with Crippen LogP contribution in [0.3, 0.4) is 0 Å². The van der Waals surface area contributed by atoms with Gasteiger partial charge in [0.1, 0.15) is 11.4 Å². The zero-order chi connectivity index (χ0) is 17.3. The van der Waals surface area contributed by atoms with Crippen molar-refractivity contribution >= 4 is 6.09 Å². The molecule has 0 saturated heterocycles. The minimum atomic E-state index is -0.496. The van der Waals surface area contributed by atoms with Crippen LogP contribution in [-0.4, -0.2) is 26.6 Å². The molecular weight excluding hydrogens is 304 g/mol. The van der Waals surface area contributed by atoms with E-state index < -0.39 is 5.60 Å². The fraction of sp³-hybridized carbons (Fsp3) is 0.444. The smallest absolute Gasteiger partial charge is 0.410 e. The van der Waals surface area contributed by atoms with Crippen molar-refractivity contribution in [1.29, 1.82) is 0 Å². The molecule has 0 bridgehead atoms. The molecule has 1 atom stereocenters. The Bertz CT molecular complexity index is 695. The van der Waals surface area contributed by atoms with Crippen LogP contribution in [-0.2, 0) is 24.2 Å². The minimum absolute atomic E-state index is 0.187. The highest BCUT2D eigenvalue weighted by molar-refractivity contribution is 5.69. The van der Waals surface area contributed by atoms with Crippen LogP contribution < -0.4 is 5.73 Å². The molecule has 1 aliphatic rings. The number of aromatic nitrogens is 2. The van der Waals surface area contributed by atoms with Crippen LogP contribution in [0.1, 0.15) is 49.6 Å². The maximum absolute atomic E-state index is 12.1. The number of amides is 1. The highest BCUT2D eigenvalue weighted by atomic mass is 16.6. The number of hydrogen-bond donors (Lipinski definition) is 2. The van der Waals surface area contributed by atoms with Gasteiger partial charge in [0.05, 0.1) is 30.5 Å². The van der Waals surface area contributed by atoms with Crippen molar-refractivity contribution in [2.24, 2.45) is 5.73 Å². The number of fused-ring (bicyclic) bond motifs is 1. The molecule has 1 unspecified atom stereocenters. The standard InChI is InChI=1S/C18H24N4O2/c1-18(2,3)24-17(23)22-10-14-15(11-22)21-16(20-14)13(19)9-12-7-5-4-6-8-12/h4-8,13H,9-11,19H2,1-3H3,(H,20,21). The zero-order valence-electron chi connectivity index (χ0n) is 14.4. The molecule has 0 spiro atoms. The van der Waals surface area contributed by atoms with Crippen molar-refractivity contribution in [3.05, 3.63) is 53.1 Å². The summed E-state index contributed by atoms with van der Waals surface area (Å²) in [6.45, 7) is 6.52. The number of benzene rings is 1.